The first-order valence-electron chi connectivity index (χ1n) is 26.7. The number of anilines is 3. The molecule has 76 heavy (non-hydrogen) atoms. The molecule has 6 N–H and O–H groups in total. The molecule has 5 atom stereocenters. The predicted molar refractivity (Wildman–Crippen MR) is 294 cm³/mol. The van der Waals surface area contributed by atoms with Crippen molar-refractivity contribution in [2.75, 3.05) is 101 Å². The van der Waals surface area contributed by atoms with Crippen LogP contribution in [0.5, 0.6) is 5.75 Å². The number of nitrogen functional groups attached to an aromatic ring is 1. The molecule has 7 heterocycles. The Labute approximate surface area is 449 Å². The molecule has 19 nitrogen and oxygen atoms in total. The Hall–Kier alpha value is -6.29. The number of ether oxygens (including phenoxy) is 2. The van der Waals surface area contributed by atoms with Crippen molar-refractivity contribution in [1.29, 1.82) is 0 Å². The van der Waals surface area contributed by atoms with Gasteiger partial charge in [0.15, 0.2) is 5.82 Å². The number of phenols is 1. The first-order chi connectivity index (χ1) is 36.7. The Morgan fingerprint density at radius 3 is 2.32 bits per heavy atom. The number of pyridine rings is 1. The minimum Gasteiger partial charge on any atom is -0.507 e. The number of fused-ring (bicyclic) bond motifs is 2. The summed E-state index contributed by atoms with van der Waals surface area (Å²) >= 11 is 1.58. The number of piperazine rings is 2. The van der Waals surface area contributed by atoms with Crippen molar-refractivity contribution in [3.8, 4) is 27.4 Å². The number of aromatic nitrogens is 4. The lowest BCUT2D eigenvalue weighted by molar-refractivity contribution is -0.144. The quantitative estimate of drug-likeness (QED) is 0.0638. The second kappa shape index (κ2) is 24.8. The zero-order valence-electron chi connectivity index (χ0n) is 44.3. The van der Waals surface area contributed by atoms with E-state index in [0.717, 1.165) is 91.5 Å². The fourth-order valence-corrected chi connectivity index (χ4v) is 11.8. The summed E-state index contributed by atoms with van der Waals surface area (Å²) < 4.78 is 11.9. The lowest BCUT2D eigenvalue weighted by Crippen LogP contribution is -2.59. The lowest BCUT2D eigenvalue weighted by atomic mass is 9.85. The number of carbonyl (C=O) groups excluding carboxylic acids is 3. The zero-order chi connectivity index (χ0) is 53.3. The van der Waals surface area contributed by atoms with Crippen LogP contribution in [0.2, 0.25) is 0 Å². The van der Waals surface area contributed by atoms with Crippen molar-refractivity contribution >= 4 is 46.3 Å². The van der Waals surface area contributed by atoms with Crippen LogP contribution in [-0.2, 0) is 36.8 Å². The molecule has 0 aliphatic carbocycles. The number of benzene rings is 2. The van der Waals surface area contributed by atoms with Crippen LogP contribution in [0.25, 0.3) is 21.7 Å². The topological polar surface area (TPSA) is 228 Å². The normalized spacial score (nSPS) is 20.5. The fraction of sp³-hybridized carbons (Fsp3) is 0.518. The van der Waals surface area contributed by atoms with Crippen LogP contribution in [0.4, 0.5) is 17.2 Å². The van der Waals surface area contributed by atoms with Crippen molar-refractivity contribution in [2.45, 2.75) is 96.6 Å². The maximum Gasteiger partial charge on any atom is 0.246 e. The fourth-order valence-electron chi connectivity index (χ4n) is 11.0. The summed E-state index contributed by atoms with van der Waals surface area (Å²) in [7, 11) is 0. The first kappa shape index (κ1) is 54.5. The van der Waals surface area contributed by atoms with Crippen LogP contribution in [0.15, 0.2) is 78.4 Å². The number of hydrogen-bond acceptors (Lipinski definition) is 17. The highest BCUT2D eigenvalue weighted by molar-refractivity contribution is 7.13. The summed E-state index contributed by atoms with van der Waals surface area (Å²) in [4.78, 5) is 62.0. The number of likely N-dealkylation sites (tertiary alicyclic amines) is 1. The van der Waals surface area contributed by atoms with Gasteiger partial charge in [0.1, 0.15) is 17.8 Å². The summed E-state index contributed by atoms with van der Waals surface area (Å²) in [5.41, 5.74) is 14.8. The molecule has 4 saturated heterocycles. The van der Waals surface area contributed by atoms with Gasteiger partial charge in [-0.15, -0.1) is 21.5 Å². The molecule has 4 aliphatic heterocycles. The molecule has 5 aromatic rings. The van der Waals surface area contributed by atoms with E-state index in [9.17, 15) is 24.6 Å². The number of para-hydroxylation sites is 1. The van der Waals surface area contributed by atoms with Gasteiger partial charge in [-0.2, -0.15) is 0 Å². The number of aliphatic hydroxyl groups is 1. The highest BCUT2D eigenvalue weighted by atomic mass is 32.1. The van der Waals surface area contributed by atoms with Gasteiger partial charge in [0.25, 0.3) is 0 Å². The van der Waals surface area contributed by atoms with Crippen molar-refractivity contribution in [3.05, 3.63) is 95.4 Å². The van der Waals surface area contributed by atoms with Gasteiger partial charge in [-0.05, 0) is 79.5 Å². The maximum absolute atomic E-state index is 14.2. The number of β-amino-alcohol motifs (C(OH)–C–C–N with tert-alkyl or cyclic N) is 1. The number of amides is 3. The maximum atomic E-state index is 14.2. The standard InChI is InChI=1S/C56H74N12O7S/c1-37-51(76-36-60-37)39-13-11-38(12-14-39)31-59-54(72)48-29-44(69)34-67(48)55(73)52(56(2,3)4)61-50(71)35-65-21-19-64(20-22-65)23-25-75-27-26-74-24-7-8-40-28-41(17-18-58-40)68-42-15-16-43(68)33-66(32-42)47-30-46(62-63-53(47)57)45-9-5-6-10-49(45)70/h5-6,9-14,17-18,28,30,36,42-44,48,52,69-70H,7-8,15-16,19-27,29,31-35H2,1-4H3,(H2,57,63)(H,59,72)(H,61,71)/t42?,43?,44-,48?,52-/m1/s1. The summed E-state index contributed by atoms with van der Waals surface area (Å²) in [5.74, 6) is -0.412. The highest BCUT2D eigenvalue weighted by Gasteiger charge is 2.45. The molecule has 3 aromatic heterocycles. The molecule has 406 valence electrons. The predicted octanol–water partition coefficient (Wildman–Crippen LogP) is 4.51. The summed E-state index contributed by atoms with van der Waals surface area (Å²) in [6, 6.07) is 20.3. The number of phenolic OH excluding ortho intramolecular Hbond substituents is 1. The van der Waals surface area contributed by atoms with E-state index in [1.807, 2.05) is 81.9 Å². The number of aliphatic hydroxyl groups excluding tert-OH is 1. The monoisotopic (exact) mass is 1060 g/mol. The molecule has 3 amide bonds. The second-order valence-electron chi connectivity index (χ2n) is 21.6. The van der Waals surface area contributed by atoms with E-state index >= 15 is 0 Å². The molecule has 9 rings (SSSR count). The van der Waals surface area contributed by atoms with Crippen LogP contribution in [0, 0.1) is 12.3 Å². The average Bonchev–Trinajstić information content (AvgIpc) is 4.11. The second-order valence-corrected chi connectivity index (χ2v) is 22.5. The van der Waals surface area contributed by atoms with Gasteiger partial charge < -0.3 is 50.8 Å². The third-order valence-electron chi connectivity index (χ3n) is 15.1. The van der Waals surface area contributed by atoms with E-state index in [1.165, 1.54) is 10.6 Å². The van der Waals surface area contributed by atoms with E-state index < -0.39 is 23.6 Å². The van der Waals surface area contributed by atoms with Crippen LogP contribution < -0.4 is 26.2 Å². The van der Waals surface area contributed by atoms with Crippen molar-refractivity contribution in [1.82, 2.24) is 45.5 Å². The molecular weight excluding hydrogens is 985 g/mol. The van der Waals surface area contributed by atoms with Crippen molar-refractivity contribution in [2.24, 2.45) is 5.41 Å². The van der Waals surface area contributed by atoms with E-state index in [2.05, 4.69) is 62.5 Å². The number of aromatic hydroxyl groups is 1. The van der Waals surface area contributed by atoms with Gasteiger partial charge in [-0.3, -0.25) is 29.2 Å². The van der Waals surface area contributed by atoms with E-state index in [0.29, 0.717) is 68.7 Å². The number of nitrogens with zero attached hydrogens (tertiary/aromatic N) is 9. The van der Waals surface area contributed by atoms with Crippen molar-refractivity contribution in [3.63, 3.8) is 0 Å². The summed E-state index contributed by atoms with van der Waals surface area (Å²) in [6.45, 7) is 15.8. The Balaban J connectivity index is 0.639. The average molecular weight is 1060 g/mol. The van der Waals surface area contributed by atoms with Gasteiger partial charge in [0.05, 0.1) is 59.9 Å². The van der Waals surface area contributed by atoms with Crippen LogP contribution in [-0.4, -0.2) is 178 Å². The zero-order valence-corrected chi connectivity index (χ0v) is 45.1. The number of rotatable bonds is 21. The summed E-state index contributed by atoms with van der Waals surface area (Å²) in [5, 5.41) is 35.6. The van der Waals surface area contributed by atoms with Gasteiger partial charge in [0.2, 0.25) is 17.7 Å². The molecule has 4 fully saturated rings. The third-order valence-corrected chi connectivity index (χ3v) is 16.1. The Morgan fingerprint density at radius 2 is 1.61 bits per heavy atom. The van der Waals surface area contributed by atoms with E-state index in [1.54, 1.807) is 23.5 Å². The first-order valence-corrected chi connectivity index (χ1v) is 27.6. The Morgan fingerprint density at radius 1 is 0.882 bits per heavy atom. The molecule has 0 saturated carbocycles. The minimum atomic E-state index is -0.887. The lowest BCUT2D eigenvalue weighted by Gasteiger charge is -2.43. The smallest absolute Gasteiger partial charge is 0.246 e. The van der Waals surface area contributed by atoms with E-state index in [4.69, 9.17) is 15.2 Å². The van der Waals surface area contributed by atoms with Gasteiger partial charge in [-0.1, -0.05) is 57.2 Å². The molecule has 4 aliphatic rings. The Kier molecular flexibility index (Phi) is 17.8. The van der Waals surface area contributed by atoms with Gasteiger partial charge >= 0.3 is 0 Å². The number of hydrogen-bond donors (Lipinski definition) is 5. The number of nitrogens with one attached hydrogen (secondary N) is 2. The summed E-state index contributed by atoms with van der Waals surface area (Å²) in [6.07, 6.45) is 5.05. The van der Waals surface area contributed by atoms with Crippen LogP contribution in [0.1, 0.15) is 63.4 Å². The molecule has 3 unspecified atom stereocenters. The highest BCUT2D eigenvalue weighted by Crippen LogP contribution is 2.39. The van der Waals surface area contributed by atoms with Gasteiger partial charge in [-0.25, -0.2) is 4.98 Å². The molecule has 20 heteroatoms. The number of nitrogens with two attached hydrogens (primary N) is 1. The Bertz CT molecular complexity index is 2750. The molecule has 2 aromatic carbocycles. The third kappa shape index (κ3) is 13.4. The van der Waals surface area contributed by atoms with E-state index in [-0.39, 0.29) is 49.5 Å². The van der Waals surface area contributed by atoms with Crippen LogP contribution >= 0.6 is 11.3 Å². The van der Waals surface area contributed by atoms with Crippen molar-refractivity contribution < 1.29 is 34.1 Å². The van der Waals surface area contributed by atoms with Gasteiger partial charge in [0, 0.05) is 107 Å². The number of aryl methyl sites for hydroxylation is 2. The molecule has 0 spiro atoms. The molecule has 0 radical (unpaired) electrons. The molecule has 2 bridgehead atoms. The SMILES string of the molecule is Cc1ncsc1-c1ccc(CNC(=O)C2C[C@@H](O)CN2C(=O)[C@@H](NC(=O)CN2CCN(CCOCCOCCCc3cc(N4C5CCC4CN(c4cc(-c6ccccc6O)nnc4N)C5)ccn3)CC2)C(C)(C)C)cc1. The van der Waals surface area contributed by atoms with Crippen LogP contribution in [0.3, 0.4) is 0 Å². The number of thiazole rings is 1. The largest absolute Gasteiger partial charge is 0.507 e. The number of carbonyl (C=O) groups is 3. The minimum absolute atomic E-state index is 0.0215. The molecular formula is C56H74N12O7S.